The zero-order chi connectivity index (χ0) is 12.8. The van der Waals surface area contributed by atoms with Crippen LogP contribution in [0.4, 0.5) is 0 Å². The second kappa shape index (κ2) is 5.61. The minimum Gasteiger partial charge on any atom is -0.467 e. The van der Waals surface area contributed by atoms with Crippen LogP contribution in [0.1, 0.15) is 23.0 Å². The Labute approximate surface area is 98.2 Å². The fraction of sp³-hybridized carbons (Fsp3) is 0.273. The molecule has 0 unspecified atom stereocenters. The van der Waals surface area contributed by atoms with Gasteiger partial charge in [-0.25, -0.2) is 9.78 Å². The molecular weight excluding hydrogens is 222 g/mol. The van der Waals surface area contributed by atoms with E-state index in [4.69, 9.17) is 5.26 Å². The van der Waals surface area contributed by atoms with E-state index < -0.39 is 17.9 Å². The first-order valence-electron chi connectivity index (χ1n) is 4.84. The van der Waals surface area contributed by atoms with Crippen molar-refractivity contribution in [2.45, 2.75) is 13.0 Å². The van der Waals surface area contributed by atoms with E-state index in [0.717, 1.165) is 0 Å². The molecule has 1 amide bonds. The van der Waals surface area contributed by atoms with Crippen LogP contribution in [0, 0.1) is 11.3 Å². The molecule has 0 bridgehead atoms. The van der Waals surface area contributed by atoms with Crippen molar-refractivity contribution >= 4 is 11.9 Å². The van der Waals surface area contributed by atoms with Gasteiger partial charge in [-0.1, -0.05) is 0 Å². The van der Waals surface area contributed by atoms with E-state index in [1.165, 1.54) is 26.3 Å². The standard InChI is InChI=1S/C11H11N3O3/c1-7(11(16)17-2)14-10(15)8-4-3-5-13-9(8)6-12/h3-5,7H,1-2H3,(H,14,15)/t7-/m0/s1. The summed E-state index contributed by atoms with van der Waals surface area (Å²) < 4.78 is 4.47. The summed E-state index contributed by atoms with van der Waals surface area (Å²) in [6.45, 7) is 1.49. The predicted molar refractivity (Wildman–Crippen MR) is 57.9 cm³/mol. The molecule has 17 heavy (non-hydrogen) atoms. The highest BCUT2D eigenvalue weighted by Gasteiger charge is 2.19. The first kappa shape index (κ1) is 12.6. The summed E-state index contributed by atoms with van der Waals surface area (Å²) in [6, 6.07) is 4.03. The molecule has 0 aliphatic rings. The highest BCUT2D eigenvalue weighted by atomic mass is 16.5. The van der Waals surface area contributed by atoms with Crippen molar-refractivity contribution in [3.8, 4) is 6.07 Å². The summed E-state index contributed by atoms with van der Waals surface area (Å²) in [7, 11) is 1.23. The average molecular weight is 233 g/mol. The van der Waals surface area contributed by atoms with Crippen molar-refractivity contribution in [3.05, 3.63) is 29.6 Å². The fourth-order valence-corrected chi connectivity index (χ4v) is 1.19. The van der Waals surface area contributed by atoms with Crippen LogP contribution in [0.3, 0.4) is 0 Å². The van der Waals surface area contributed by atoms with E-state index in [0.29, 0.717) is 0 Å². The Hall–Kier alpha value is -2.42. The van der Waals surface area contributed by atoms with Gasteiger partial charge >= 0.3 is 5.97 Å². The average Bonchev–Trinajstić information content (AvgIpc) is 2.37. The van der Waals surface area contributed by atoms with Crippen LogP contribution in [0.15, 0.2) is 18.3 Å². The zero-order valence-electron chi connectivity index (χ0n) is 9.43. The van der Waals surface area contributed by atoms with Gasteiger partial charge < -0.3 is 10.1 Å². The van der Waals surface area contributed by atoms with Gasteiger partial charge in [0.15, 0.2) is 5.69 Å². The van der Waals surface area contributed by atoms with Crippen LogP contribution in [0.25, 0.3) is 0 Å². The minimum absolute atomic E-state index is 0.0158. The SMILES string of the molecule is COC(=O)[C@H](C)NC(=O)c1cccnc1C#N. The smallest absolute Gasteiger partial charge is 0.328 e. The Morgan fingerprint density at radius 1 is 1.59 bits per heavy atom. The van der Waals surface area contributed by atoms with E-state index in [-0.39, 0.29) is 11.3 Å². The number of pyridine rings is 1. The second-order valence-electron chi connectivity index (χ2n) is 3.23. The number of esters is 1. The Kier molecular flexibility index (Phi) is 4.17. The normalized spacial score (nSPS) is 11.1. The van der Waals surface area contributed by atoms with E-state index >= 15 is 0 Å². The summed E-state index contributed by atoms with van der Waals surface area (Å²) in [5.74, 6) is -1.09. The summed E-state index contributed by atoms with van der Waals surface area (Å²) in [5.41, 5.74) is 0.146. The van der Waals surface area contributed by atoms with Crippen LogP contribution in [-0.4, -0.2) is 30.0 Å². The van der Waals surface area contributed by atoms with Gasteiger partial charge in [-0.15, -0.1) is 0 Å². The first-order valence-corrected chi connectivity index (χ1v) is 4.84. The maximum atomic E-state index is 11.7. The van der Waals surface area contributed by atoms with E-state index in [1.807, 2.05) is 0 Å². The highest BCUT2D eigenvalue weighted by molar-refractivity contribution is 5.98. The number of methoxy groups -OCH3 is 1. The molecule has 0 saturated carbocycles. The van der Waals surface area contributed by atoms with Crippen molar-refractivity contribution in [2.75, 3.05) is 7.11 Å². The molecule has 6 heteroatoms. The number of nitrogens with one attached hydrogen (secondary N) is 1. The number of nitrogens with zero attached hydrogens (tertiary/aromatic N) is 2. The number of carbonyl (C=O) groups excluding carboxylic acids is 2. The summed E-state index contributed by atoms with van der Waals surface area (Å²) in [4.78, 5) is 26.6. The lowest BCUT2D eigenvalue weighted by molar-refractivity contribution is -0.142. The maximum absolute atomic E-state index is 11.7. The monoisotopic (exact) mass is 233 g/mol. The number of ether oxygens (including phenoxy) is 1. The number of nitriles is 1. The number of carbonyl (C=O) groups is 2. The highest BCUT2D eigenvalue weighted by Crippen LogP contribution is 2.04. The molecule has 6 nitrogen and oxygen atoms in total. The van der Waals surface area contributed by atoms with Crippen LogP contribution in [-0.2, 0) is 9.53 Å². The third-order valence-corrected chi connectivity index (χ3v) is 2.06. The summed E-state index contributed by atoms with van der Waals surface area (Å²) in [5, 5.41) is 11.2. The molecule has 1 N–H and O–H groups in total. The summed E-state index contributed by atoms with van der Waals surface area (Å²) >= 11 is 0. The van der Waals surface area contributed by atoms with Crippen molar-refractivity contribution < 1.29 is 14.3 Å². The van der Waals surface area contributed by atoms with E-state index in [2.05, 4.69) is 15.0 Å². The van der Waals surface area contributed by atoms with E-state index in [9.17, 15) is 9.59 Å². The van der Waals surface area contributed by atoms with Gasteiger partial charge in [0, 0.05) is 6.20 Å². The molecule has 0 radical (unpaired) electrons. The lowest BCUT2D eigenvalue weighted by Crippen LogP contribution is -2.39. The fourth-order valence-electron chi connectivity index (χ4n) is 1.19. The molecule has 1 atom stereocenters. The van der Waals surface area contributed by atoms with Crippen LogP contribution >= 0.6 is 0 Å². The number of aromatic nitrogens is 1. The largest absolute Gasteiger partial charge is 0.467 e. The molecule has 0 fully saturated rings. The Morgan fingerprint density at radius 2 is 2.29 bits per heavy atom. The van der Waals surface area contributed by atoms with Crippen molar-refractivity contribution in [2.24, 2.45) is 0 Å². The van der Waals surface area contributed by atoms with Gasteiger partial charge in [0.1, 0.15) is 12.1 Å². The number of amides is 1. The molecule has 1 aromatic heterocycles. The Morgan fingerprint density at radius 3 is 2.88 bits per heavy atom. The van der Waals surface area contributed by atoms with Crippen LogP contribution < -0.4 is 5.32 Å². The van der Waals surface area contributed by atoms with E-state index in [1.54, 1.807) is 12.1 Å². The first-order chi connectivity index (χ1) is 8.10. The number of hydrogen-bond donors (Lipinski definition) is 1. The van der Waals surface area contributed by atoms with Crippen LogP contribution in [0.5, 0.6) is 0 Å². The molecule has 1 aromatic rings. The molecule has 0 saturated heterocycles. The lowest BCUT2D eigenvalue weighted by Gasteiger charge is -2.11. The molecule has 0 aliphatic carbocycles. The Balaban J connectivity index is 2.84. The number of hydrogen-bond acceptors (Lipinski definition) is 5. The Bertz CT molecular complexity index is 479. The third-order valence-electron chi connectivity index (χ3n) is 2.06. The van der Waals surface area contributed by atoms with Crippen molar-refractivity contribution in [3.63, 3.8) is 0 Å². The topological polar surface area (TPSA) is 92.1 Å². The third kappa shape index (κ3) is 3.01. The van der Waals surface area contributed by atoms with Gasteiger partial charge in [0.05, 0.1) is 12.7 Å². The zero-order valence-corrected chi connectivity index (χ0v) is 9.43. The molecule has 88 valence electrons. The molecule has 0 aromatic carbocycles. The predicted octanol–water partition coefficient (Wildman–Crippen LogP) is 0.245. The molecule has 1 heterocycles. The minimum atomic E-state index is -0.778. The quantitative estimate of drug-likeness (QED) is 0.755. The van der Waals surface area contributed by atoms with Gasteiger partial charge in [-0.2, -0.15) is 5.26 Å². The van der Waals surface area contributed by atoms with Gasteiger partial charge in [-0.3, -0.25) is 4.79 Å². The van der Waals surface area contributed by atoms with Crippen molar-refractivity contribution in [1.29, 1.82) is 5.26 Å². The maximum Gasteiger partial charge on any atom is 0.328 e. The lowest BCUT2D eigenvalue weighted by atomic mass is 10.2. The molecular formula is C11H11N3O3. The van der Waals surface area contributed by atoms with Gasteiger partial charge in [-0.05, 0) is 19.1 Å². The molecule has 0 aliphatic heterocycles. The van der Waals surface area contributed by atoms with Gasteiger partial charge in [0.2, 0.25) is 0 Å². The second-order valence-corrected chi connectivity index (χ2v) is 3.23. The van der Waals surface area contributed by atoms with Gasteiger partial charge in [0.25, 0.3) is 5.91 Å². The van der Waals surface area contributed by atoms with Crippen molar-refractivity contribution in [1.82, 2.24) is 10.3 Å². The summed E-state index contributed by atoms with van der Waals surface area (Å²) in [6.07, 6.45) is 1.42. The molecule has 1 rings (SSSR count). The number of rotatable bonds is 3. The molecule has 0 spiro atoms. The van der Waals surface area contributed by atoms with Crippen LogP contribution in [0.2, 0.25) is 0 Å².